The van der Waals surface area contributed by atoms with Crippen molar-refractivity contribution in [3.05, 3.63) is 11.3 Å². The summed E-state index contributed by atoms with van der Waals surface area (Å²) < 4.78 is 0. The Labute approximate surface area is 68.1 Å². The van der Waals surface area contributed by atoms with Crippen LogP contribution in [0.3, 0.4) is 0 Å². The summed E-state index contributed by atoms with van der Waals surface area (Å²) >= 11 is 0. The molecule has 1 nitrogen and oxygen atoms in total. The van der Waals surface area contributed by atoms with E-state index in [0.717, 1.165) is 12.3 Å². The van der Waals surface area contributed by atoms with Crippen molar-refractivity contribution in [1.82, 2.24) is 0 Å². The minimum absolute atomic E-state index is 0.469. The topological polar surface area (TPSA) is 20.2 Å². The van der Waals surface area contributed by atoms with Crippen LogP contribution >= 0.6 is 0 Å². The Morgan fingerprint density at radius 3 is 2.45 bits per heavy atom. The van der Waals surface area contributed by atoms with Crippen LogP contribution in [0.2, 0.25) is 0 Å². The summed E-state index contributed by atoms with van der Waals surface area (Å²) in [5, 5.41) is 9.49. The average Bonchev–Trinajstić information content (AvgIpc) is 1.93. The van der Waals surface area contributed by atoms with E-state index in [2.05, 4.69) is 20.8 Å². The Bertz CT molecular complexity index is 225. The lowest BCUT2D eigenvalue weighted by Gasteiger charge is -2.56. The monoisotopic (exact) mass is 152 g/mol. The Morgan fingerprint density at radius 2 is 2.09 bits per heavy atom. The molecule has 0 aromatic rings. The van der Waals surface area contributed by atoms with Crippen LogP contribution in [0.25, 0.3) is 0 Å². The van der Waals surface area contributed by atoms with E-state index in [1.165, 1.54) is 12.0 Å². The summed E-state index contributed by atoms with van der Waals surface area (Å²) in [6.07, 6.45) is 2.23. The van der Waals surface area contributed by atoms with Crippen molar-refractivity contribution in [2.24, 2.45) is 17.3 Å². The normalized spacial score (nSPS) is 40.3. The molecule has 0 heterocycles. The molecule has 0 spiro atoms. The number of aliphatic hydroxyl groups is 1. The van der Waals surface area contributed by atoms with Gasteiger partial charge in [0.15, 0.2) is 0 Å². The van der Waals surface area contributed by atoms with Crippen LogP contribution in [0.5, 0.6) is 0 Å². The largest absolute Gasteiger partial charge is 0.512 e. The molecule has 62 valence electrons. The summed E-state index contributed by atoms with van der Waals surface area (Å²) in [6.45, 7) is 6.72. The van der Waals surface area contributed by atoms with Gasteiger partial charge in [0.25, 0.3) is 0 Å². The molecule has 0 aromatic carbocycles. The smallest absolute Gasteiger partial charge is 0.0917 e. The summed E-state index contributed by atoms with van der Waals surface area (Å²) in [5.74, 6) is 2.09. The number of rotatable bonds is 0. The zero-order valence-electron chi connectivity index (χ0n) is 7.52. The van der Waals surface area contributed by atoms with Gasteiger partial charge in [-0.3, -0.25) is 0 Å². The van der Waals surface area contributed by atoms with Gasteiger partial charge < -0.3 is 5.11 Å². The van der Waals surface area contributed by atoms with Crippen LogP contribution in [0, 0.1) is 17.3 Å². The third-order valence-corrected chi connectivity index (χ3v) is 3.89. The van der Waals surface area contributed by atoms with Gasteiger partial charge in [-0.2, -0.15) is 0 Å². The Balaban J connectivity index is 2.34. The van der Waals surface area contributed by atoms with Gasteiger partial charge in [-0.05, 0) is 36.2 Å². The highest BCUT2D eigenvalue weighted by atomic mass is 16.3. The fraction of sp³-hybridized carbons (Fsp3) is 0.800. The first-order valence-corrected chi connectivity index (χ1v) is 4.42. The van der Waals surface area contributed by atoms with Crippen LogP contribution in [0.15, 0.2) is 11.3 Å². The van der Waals surface area contributed by atoms with Gasteiger partial charge in [0.05, 0.1) is 5.76 Å². The van der Waals surface area contributed by atoms with Crippen molar-refractivity contribution in [1.29, 1.82) is 0 Å². The molecule has 1 fully saturated rings. The maximum Gasteiger partial charge on any atom is 0.0917 e. The van der Waals surface area contributed by atoms with Gasteiger partial charge in [-0.15, -0.1) is 0 Å². The van der Waals surface area contributed by atoms with Gasteiger partial charge in [0.2, 0.25) is 0 Å². The lowest BCUT2D eigenvalue weighted by atomic mass is 9.49. The number of aliphatic hydroxyl groups excluding tert-OH is 1. The molecule has 0 aliphatic heterocycles. The van der Waals surface area contributed by atoms with Crippen LogP contribution in [0.1, 0.15) is 33.6 Å². The van der Waals surface area contributed by atoms with Gasteiger partial charge in [0.1, 0.15) is 0 Å². The van der Waals surface area contributed by atoms with E-state index < -0.39 is 0 Å². The minimum atomic E-state index is 0.469. The molecular weight excluding hydrogens is 136 g/mol. The molecule has 3 rings (SSSR count). The average molecular weight is 152 g/mol. The van der Waals surface area contributed by atoms with Crippen molar-refractivity contribution < 1.29 is 5.11 Å². The van der Waals surface area contributed by atoms with E-state index in [4.69, 9.17) is 0 Å². The molecular formula is C10H16O. The molecule has 2 atom stereocenters. The summed E-state index contributed by atoms with van der Waals surface area (Å²) in [6, 6.07) is 0. The van der Waals surface area contributed by atoms with Gasteiger partial charge in [0, 0.05) is 6.42 Å². The highest BCUT2D eigenvalue weighted by Gasteiger charge is 2.52. The lowest BCUT2D eigenvalue weighted by molar-refractivity contribution is -0.0230. The highest BCUT2D eigenvalue weighted by Crippen LogP contribution is 2.60. The maximum atomic E-state index is 9.49. The van der Waals surface area contributed by atoms with Crippen molar-refractivity contribution in [3.63, 3.8) is 0 Å². The van der Waals surface area contributed by atoms with Crippen molar-refractivity contribution in [2.75, 3.05) is 0 Å². The molecule has 0 amide bonds. The Hall–Kier alpha value is -0.460. The van der Waals surface area contributed by atoms with Gasteiger partial charge in [-0.25, -0.2) is 0 Å². The number of hydrogen-bond donors (Lipinski definition) is 1. The molecule has 1 N–H and O–H groups in total. The second-order valence-corrected chi connectivity index (χ2v) is 4.64. The lowest BCUT2D eigenvalue weighted by Crippen LogP contribution is -2.48. The summed E-state index contributed by atoms with van der Waals surface area (Å²) in [7, 11) is 0. The van der Waals surface area contributed by atoms with E-state index in [0.29, 0.717) is 17.1 Å². The molecule has 1 heteroatoms. The third kappa shape index (κ3) is 0.715. The fourth-order valence-corrected chi connectivity index (χ4v) is 2.69. The Morgan fingerprint density at radius 1 is 1.45 bits per heavy atom. The van der Waals surface area contributed by atoms with Crippen LogP contribution in [0.4, 0.5) is 0 Å². The van der Waals surface area contributed by atoms with E-state index >= 15 is 0 Å². The summed E-state index contributed by atoms with van der Waals surface area (Å²) in [4.78, 5) is 0. The second kappa shape index (κ2) is 1.82. The predicted molar refractivity (Wildman–Crippen MR) is 45.3 cm³/mol. The first kappa shape index (κ1) is 7.20. The van der Waals surface area contributed by atoms with Crippen LogP contribution in [-0.2, 0) is 0 Å². The minimum Gasteiger partial charge on any atom is -0.512 e. The predicted octanol–water partition coefficient (Wildman–Crippen LogP) is 2.88. The number of allylic oxidation sites excluding steroid dienone is 2. The van der Waals surface area contributed by atoms with Gasteiger partial charge in [-0.1, -0.05) is 13.8 Å². The third-order valence-electron chi connectivity index (χ3n) is 3.89. The van der Waals surface area contributed by atoms with E-state index in [1.807, 2.05) is 0 Å². The molecule has 3 aliphatic carbocycles. The molecule has 2 unspecified atom stereocenters. The van der Waals surface area contributed by atoms with Crippen molar-refractivity contribution >= 4 is 0 Å². The van der Waals surface area contributed by atoms with Crippen LogP contribution < -0.4 is 0 Å². The quantitative estimate of drug-likeness (QED) is 0.566. The van der Waals surface area contributed by atoms with E-state index in [-0.39, 0.29) is 0 Å². The Kier molecular flexibility index (Phi) is 1.19. The number of fused-ring (bicyclic) bond motifs is 1. The zero-order chi connectivity index (χ0) is 8.22. The SMILES string of the molecule is CC1=C(O)CC2CC1C2(C)C. The molecule has 0 radical (unpaired) electrons. The molecule has 0 aromatic heterocycles. The van der Waals surface area contributed by atoms with Crippen molar-refractivity contribution in [3.8, 4) is 0 Å². The highest BCUT2D eigenvalue weighted by molar-refractivity contribution is 5.24. The maximum absolute atomic E-state index is 9.49. The molecule has 2 bridgehead atoms. The van der Waals surface area contributed by atoms with Crippen molar-refractivity contribution in [2.45, 2.75) is 33.6 Å². The van der Waals surface area contributed by atoms with E-state index in [9.17, 15) is 5.11 Å². The fourth-order valence-electron chi connectivity index (χ4n) is 2.69. The number of hydrogen-bond acceptors (Lipinski definition) is 1. The first-order chi connectivity index (χ1) is 5.03. The van der Waals surface area contributed by atoms with Crippen LogP contribution in [-0.4, -0.2) is 5.11 Å². The second-order valence-electron chi connectivity index (χ2n) is 4.64. The summed E-state index contributed by atoms with van der Waals surface area (Å²) in [5.41, 5.74) is 1.72. The zero-order valence-corrected chi connectivity index (χ0v) is 7.52. The molecule has 0 saturated heterocycles. The standard InChI is InChI=1S/C10H16O/c1-6-8-4-7(5-9(6)11)10(8,2)3/h7-8,11H,4-5H2,1-3H3. The molecule has 3 aliphatic rings. The first-order valence-electron chi connectivity index (χ1n) is 4.42. The van der Waals surface area contributed by atoms with E-state index in [1.54, 1.807) is 0 Å². The molecule has 11 heavy (non-hydrogen) atoms. The van der Waals surface area contributed by atoms with Gasteiger partial charge >= 0.3 is 0 Å². The molecule has 1 saturated carbocycles.